The second-order valence-corrected chi connectivity index (χ2v) is 10.6. The predicted molar refractivity (Wildman–Crippen MR) is 137 cm³/mol. The van der Waals surface area contributed by atoms with E-state index in [2.05, 4.69) is 59.1 Å². The fourth-order valence-electron chi connectivity index (χ4n) is 4.82. The molecule has 2 fully saturated rings. The maximum absolute atomic E-state index is 12.9. The van der Waals surface area contributed by atoms with E-state index in [9.17, 15) is 4.79 Å². The number of nitrogens with one attached hydrogen (secondary N) is 1. The molecule has 0 bridgehead atoms. The van der Waals surface area contributed by atoms with Gasteiger partial charge in [-0.15, -0.1) is 0 Å². The summed E-state index contributed by atoms with van der Waals surface area (Å²) in [5.74, 6) is 1.75. The molecule has 2 atom stereocenters. The van der Waals surface area contributed by atoms with Crippen LogP contribution >= 0.6 is 15.9 Å². The van der Waals surface area contributed by atoms with Crippen LogP contribution in [0.3, 0.4) is 0 Å². The molecule has 180 valence electrons. The van der Waals surface area contributed by atoms with E-state index in [0.717, 1.165) is 45.0 Å². The average Bonchev–Trinajstić information content (AvgIpc) is 3.77. The Kier molecular flexibility index (Phi) is 4.92. The molecule has 1 N–H and O–H groups in total. The minimum absolute atomic E-state index is 0.0555. The Morgan fingerprint density at radius 1 is 1.14 bits per heavy atom. The zero-order chi connectivity index (χ0) is 24.4. The highest BCUT2D eigenvalue weighted by atomic mass is 79.9. The highest BCUT2D eigenvalue weighted by molar-refractivity contribution is 9.10. The molecule has 0 aliphatic heterocycles. The smallest absolute Gasteiger partial charge is 0.229 e. The maximum atomic E-state index is 12.9. The van der Waals surface area contributed by atoms with E-state index in [1.807, 2.05) is 19.1 Å². The molecule has 0 aromatic carbocycles. The number of aromatic nitrogens is 7. The summed E-state index contributed by atoms with van der Waals surface area (Å²) in [7, 11) is 0. The minimum atomic E-state index is -0.145. The lowest BCUT2D eigenvalue weighted by atomic mass is 10.2. The van der Waals surface area contributed by atoms with E-state index in [1.165, 1.54) is 18.4 Å². The van der Waals surface area contributed by atoms with E-state index in [0.29, 0.717) is 18.2 Å². The number of carbonyl (C=O) groups excluding carboxylic acids is 1. The van der Waals surface area contributed by atoms with Gasteiger partial charge in [0.2, 0.25) is 5.91 Å². The van der Waals surface area contributed by atoms with Gasteiger partial charge in [0.05, 0.1) is 15.9 Å². The lowest BCUT2D eigenvalue weighted by molar-refractivity contribution is -0.117. The molecule has 10 heteroatoms. The number of anilines is 1. The van der Waals surface area contributed by atoms with Crippen molar-refractivity contribution in [3.63, 3.8) is 0 Å². The first-order valence-electron chi connectivity index (χ1n) is 12.1. The Labute approximate surface area is 215 Å². The summed E-state index contributed by atoms with van der Waals surface area (Å²) >= 11 is 3.68. The normalized spacial score (nSPS) is 19.2. The van der Waals surface area contributed by atoms with E-state index in [-0.39, 0.29) is 17.7 Å². The van der Waals surface area contributed by atoms with Gasteiger partial charge in [0.15, 0.2) is 11.5 Å². The molecule has 2 saturated carbocycles. The number of imidazole rings is 1. The lowest BCUT2D eigenvalue weighted by Crippen LogP contribution is -2.16. The molecule has 2 unspecified atom stereocenters. The molecular formula is C26H23BrN8O. The summed E-state index contributed by atoms with van der Waals surface area (Å²) in [4.78, 5) is 31.0. The van der Waals surface area contributed by atoms with Crippen LogP contribution in [0.2, 0.25) is 0 Å². The van der Waals surface area contributed by atoms with Gasteiger partial charge in [-0.1, -0.05) is 0 Å². The van der Waals surface area contributed by atoms with Gasteiger partial charge in [-0.3, -0.25) is 4.79 Å². The molecule has 0 saturated heterocycles. The van der Waals surface area contributed by atoms with Crippen molar-refractivity contribution in [3.8, 4) is 0 Å². The van der Waals surface area contributed by atoms with Gasteiger partial charge in [0.25, 0.3) is 0 Å². The van der Waals surface area contributed by atoms with Crippen LogP contribution in [-0.2, 0) is 11.2 Å². The molecule has 9 nitrogen and oxygen atoms in total. The zero-order valence-electron chi connectivity index (χ0n) is 19.6. The lowest BCUT2D eigenvalue weighted by Gasteiger charge is -2.05. The van der Waals surface area contributed by atoms with Crippen molar-refractivity contribution in [1.82, 2.24) is 34.0 Å². The maximum Gasteiger partial charge on any atom is 0.229 e. The van der Waals surface area contributed by atoms with E-state index in [4.69, 9.17) is 10.1 Å². The van der Waals surface area contributed by atoms with E-state index < -0.39 is 0 Å². The molecule has 2 aliphatic rings. The van der Waals surface area contributed by atoms with Gasteiger partial charge in [-0.25, -0.2) is 24.5 Å². The molecule has 5 aromatic heterocycles. The number of pyridine rings is 1. The molecule has 5 heterocycles. The van der Waals surface area contributed by atoms with Crippen LogP contribution in [0.5, 0.6) is 0 Å². The summed E-state index contributed by atoms with van der Waals surface area (Å²) in [5.41, 5.74) is 5.72. The Balaban J connectivity index is 1.11. The van der Waals surface area contributed by atoms with Gasteiger partial charge in [-0.05, 0) is 71.8 Å². The first-order chi connectivity index (χ1) is 17.5. The molecule has 2 aliphatic carbocycles. The van der Waals surface area contributed by atoms with Crippen molar-refractivity contribution in [2.75, 3.05) is 5.32 Å². The number of fused-ring (bicyclic) bond motifs is 2. The Morgan fingerprint density at radius 3 is 2.86 bits per heavy atom. The number of rotatable bonds is 6. The standard InChI is InChI=1S/C26H23BrN8O/c1-14-4-5-28-23(30-14)19-11-20(19)26(36)32-24-22-10-17(33-35(22)7-6-29-24)9-18-13-34-12-16(15-2-3-15)8-21(27)25(34)31-18/h4-8,10,12-13,15,19-20H,2-3,9,11H2,1H3,(H,29,32,36). The van der Waals surface area contributed by atoms with Gasteiger partial charge < -0.3 is 9.72 Å². The molecule has 1 amide bonds. The Hall–Kier alpha value is -3.66. The highest BCUT2D eigenvalue weighted by Crippen LogP contribution is 2.46. The largest absolute Gasteiger partial charge is 0.309 e. The van der Waals surface area contributed by atoms with Crippen LogP contribution in [0.4, 0.5) is 5.82 Å². The first kappa shape index (κ1) is 21.6. The van der Waals surface area contributed by atoms with Gasteiger partial charge in [0, 0.05) is 54.9 Å². The number of hydrogen-bond donors (Lipinski definition) is 1. The van der Waals surface area contributed by atoms with Crippen LogP contribution < -0.4 is 5.32 Å². The van der Waals surface area contributed by atoms with Crippen LogP contribution in [-0.4, -0.2) is 39.9 Å². The number of aryl methyl sites for hydroxylation is 1. The van der Waals surface area contributed by atoms with Gasteiger partial charge in [-0.2, -0.15) is 5.10 Å². The third kappa shape index (κ3) is 3.95. The van der Waals surface area contributed by atoms with Crippen molar-refractivity contribution >= 4 is 38.8 Å². The first-order valence-corrected chi connectivity index (χ1v) is 12.9. The minimum Gasteiger partial charge on any atom is -0.309 e. The number of nitrogens with zero attached hydrogens (tertiary/aromatic N) is 7. The SMILES string of the molecule is Cc1ccnc(C2CC2C(=O)Nc2nccn3nc(Cc4cn5cc(C6CC6)cc(Br)c5n4)cc23)n1. The molecule has 7 rings (SSSR count). The molecule has 36 heavy (non-hydrogen) atoms. The third-order valence-electron chi connectivity index (χ3n) is 6.94. The topological polar surface area (TPSA) is 102 Å². The molecular weight excluding hydrogens is 520 g/mol. The fraction of sp³-hybridized carbons (Fsp3) is 0.308. The number of hydrogen-bond acceptors (Lipinski definition) is 6. The number of halogens is 1. The van der Waals surface area contributed by atoms with E-state index >= 15 is 0 Å². The van der Waals surface area contributed by atoms with Gasteiger partial charge >= 0.3 is 0 Å². The van der Waals surface area contributed by atoms with E-state index in [1.54, 1.807) is 23.1 Å². The Bertz CT molecular complexity index is 1650. The van der Waals surface area contributed by atoms with Crippen molar-refractivity contribution in [2.24, 2.45) is 5.92 Å². The quantitative estimate of drug-likeness (QED) is 0.340. The van der Waals surface area contributed by atoms with Gasteiger partial charge in [0.1, 0.15) is 11.3 Å². The van der Waals surface area contributed by atoms with Crippen LogP contribution in [0.15, 0.2) is 53.7 Å². The monoisotopic (exact) mass is 542 g/mol. The third-order valence-corrected chi connectivity index (χ3v) is 7.53. The molecule has 5 aromatic rings. The van der Waals surface area contributed by atoms with Crippen LogP contribution in [0, 0.1) is 12.8 Å². The summed E-state index contributed by atoms with van der Waals surface area (Å²) in [6, 6.07) is 6.01. The Morgan fingerprint density at radius 2 is 2.03 bits per heavy atom. The highest BCUT2D eigenvalue weighted by Gasteiger charge is 2.46. The molecule has 0 spiro atoms. The van der Waals surface area contributed by atoms with Crippen molar-refractivity contribution < 1.29 is 4.79 Å². The fourth-order valence-corrected chi connectivity index (χ4v) is 5.38. The summed E-state index contributed by atoms with van der Waals surface area (Å²) in [5, 5.41) is 7.70. The number of carbonyl (C=O) groups is 1. The average molecular weight is 543 g/mol. The van der Waals surface area contributed by atoms with Crippen molar-refractivity contribution in [2.45, 2.75) is 44.4 Å². The predicted octanol–water partition coefficient (Wildman–Crippen LogP) is 4.45. The summed E-state index contributed by atoms with van der Waals surface area (Å²) in [6.07, 6.45) is 13.3. The summed E-state index contributed by atoms with van der Waals surface area (Å²) < 4.78 is 4.86. The number of amides is 1. The molecule has 0 radical (unpaired) electrons. The van der Waals surface area contributed by atoms with Crippen LogP contribution in [0.25, 0.3) is 11.2 Å². The van der Waals surface area contributed by atoms with Crippen molar-refractivity contribution in [1.29, 1.82) is 0 Å². The zero-order valence-corrected chi connectivity index (χ0v) is 21.2. The summed E-state index contributed by atoms with van der Waals surface area (Å²) in [6.45, 7) is 1.93. The second kappa shape index (κ2) is 8.19. The second-order valence-electron chi connectivity index (χ2n) is 9.77. The van der Waals surface area contributed by atoms with Crippen molar-refractivity contribution in [3.05, 3.63) is 82.1 Å². The van der Waals surface area contributed by atoms with Crippen LogP contribution in [0.1, 0.15) is 59.6 Å².